The summed E-state index contributed by atoms with van der Waals surface area (Å²) in [4.78, 5) is 17.2. The van der Waals surface area contributed by atoms with E-state index in [1.807, 2.05) is 42.9 Å². The lowest BCUT2D eigenvalue weighted by Gasteiger charge is -2.54. The van der Waals surface area contributed by atoms with Crippen molar-refractivity contribution < 1.29 is 4.74 Å². The topological polar surface area (TPSA) is 86.0 Å². The number of hydrogen-bond acceptors (Lipinski definition) is 6. The average Bonchev–Trinajstić information content (AvgIpc) is 3.55. The van der Waals surface area contributed by atoms with E-state index in [4.69, 9.17) is 9.72 Å². The lowest BCUT2D eigenvalue weighted by atomic mass is 9.72. The van der Waals surface area contributed by atoms with Crippen molar-refractivity contribution in [2.75, 3.05) is 38.1 Å². The van der Waals surface area contributed by atoms with Crippen LogP contribution in [-0.2, 0) is 0 Å². The maximum atomic E-state index is 6.37. The number of H-pyrrole nitrogens is 2. The molecule has 8 nitrogen and oxygen atoms in total. The molecule has 2 aliphatic rings. The number of nitrogens with one attached hydrogen (secondary N) is 2. The summed E-state index contributed by atoms with van der Waals surface area (Å²) in [7, 11) is 2.22. The first kappa shape index (κ1) is 22.3. The Morgan fingerprint density at radius 1 is 1.00 bits per heavy atom. The van der Waals surface area contributed by atoms with Gasteiger partial charge in [-0.05, 0) is 82.4 Å². The maximum absolute atomic E-state index is 6.37. The van der Waals surface area contributed by atoms with Gasteiger partial charge >= 0.3 is 0 Å². The van der Waals surface area contributed by atoms with E-state index in [1.54, 1.807) is 0 Å². The largest absolute Gasteiger partial charge is 0.486 e. The summed E-state index contributed by atoms with van der Waals surface area (Å²) in [6.07, 6.45) is 8.12. The summed E-state index contributed by atoms with van der Waals surface area (Å²) in [6.45, 7) is 6.70. The van der Waals surface area contributed by atoms with Crippen molar-refractivity contribution in [1.82, 2.24) is 30.0 Å². The van der Waals surface area contributed by atoms with Crippen LogP contribution in [0.25, 0.3) is 33.2 Å². The van der Waals surface area contributed by atoms with Crippen molar-refractivity contribution in [3.05, 3.63) is 66.6 Å². The second-order valence-corrected chi connectivity index (χ2v) is 10.7. The summed E-state index contributed by atoms with van der Waals surface area (Å²) in [5, 5.41) is 9.87. The van der Waals surface area contributed by atoms with E-state index in [1.165, 1.54) is 25.9 Å². The molecule has 1 aromatic carbocycles. The van der Waals surface area contributed by atoms with Gasteiger partial charge in [0.25, 0.3) is 0 Å². The van der Waals surface area contributed by atoms with Gasteiger partial charge in [-0.15, -0.1) is 0 Å². The smallest absolute Gasteiger partial charge is 0.137 e. The quantitative estimate of drug-likeness (QED) is 0.351. The van der Waals surface area contributed by atoms with Gasteiger partial charge in [-0.1, -0.05) is 0 Å². The van der Waals surface area contributed by atoms with Gasteiger partial charge < -0.3 is 19.5 Å². The van der Waals surface area contributed by atoms with Crippen molar-refractivity contribution in [3.8, 4) is 17.0 Å². The predicted molar refractivity (Wildman–Crippen MR) is 146 cm³/mol. The van der Waals surface area contributed by atoms with E-state index in [0.29, 0.717) is 5.41 Å². The fourth-order valence-electron chi connectivity index (χ4n) is 5.94. The summed E-state index contributed by atoms with van der Waals surface area (Å²) >= 11 is 0. The number of hydrogen-bond donors (Lipinski definition) is 2. The molecule has 37 heavy (non-hydrogen) atoms. The third kappa shape index (κ3) is 3.92. The van der Waals surface area contributed by atoms with Crippen LogP contribution in [0.1, 0.15) is 31.4 Å². The normalized spacial score (nSPS) is 18.4. The molecule has 4 aromatic heterocycles. The molecule has 0 bridgehead atoms. The molecular formula is C29H31N7O. The standard InChI is InChI=1S/C29H31N7O/c1-19(22-7-11-30-28-23(22)8-12-31-28)37-21-4-5-25-24(15-21)27(34-33-25)20-3-6-26(32-16-20)36-17-29(18-36)9-13-35(2)14-10-29/h3-8,11-12,15-16,19H,9-10,13-14,17-18H2,1-2H3,(H,30,31)(H,33,34). The van der Waals surface area contributed by atoms with Gasteiger partial charge in [0.2, 0.25) is 0 Å². The van der Waals surface area contributed by atoms with Gasteiger partial charge in [-0.3, -0.25) is 5.10 Å². The fraction of sp³-hybridized carbons (Fsp3) is 0.345. The molecular weight excluding hydrogens is 462 g/mol. The molecule has 2 fully saturated rings. The Hall–Kier alpha value is -3.91. The maximum Gasteiger partial charge on any atom is 0.137 e. The van der Waals surface area contributed by atoms with Crippen LogP contribution in [-0.4, -0.2) is 63.3 Å². The Balaban J connectivity index is 1.10. The van der Waals surface area contributed by atoms with Crippen LogP contribution in [0.15, 0.2) is 61.1 Å². The van der Waals surface area contributed by atoms with Crippen molar-refractivity contribution in [1.29, 1.82) is 0 Å². The average molecular weight is 494 g/mol. The van der Waals surface area contributed by atoms with Gasteiger partial charge in [0, 0.05) is 59.0 Å². The molecule has 188 valence electrons. The molecule has 8 heteroatoms. The number of fused-ring (bicyclic) bond motifs is 2. The summed E-state index contributed by atoms with van der Waals surface area (Å²) in [6, 6.07) is 14.4. The molecule has 1 spiro atoms. The number of piperidine rings is 1. The monoisotopic (exact) mass is 493 g/mol. The van der Waals surface area contributed by atoms with Crippen LogP contribution in [0.2, 0.25) is 0 Å². The SMILES string of the molecule is CC(Oc1ccc2[nH]nc(-c3ccc(N4CC5(CCN(C)CC5)C4)nc3)c2c1)c1ccnc2[nH]ccc12. The minimum Gasteiger partial charge on any atom is -0.486 e. The highest BCUT2D eigenvalue weighted by molar-refractivity contribution is 5.93. The number of likely N-dealkylation sites (tertiary alicyclic amines) is 1. The third-order valence-corrected chi connectivity index (χ3v) is 8.22. The zero-order chi connectivity index (χ0) is 25.0. The Morgan fingerprint density at radius 2 is 1.86 bits per heavy atom. The van der Waals surface area contributed by atoms with Crippen LogP contribution < -0.4 is 9.64 Å². The number of anilines is 1. The Morgan fingerprint density at radius 3 is 2.68 bits per heavy atom. The summed E-state index contributed by atoms with van der Waals surface area (Å²) in [5.74, 6) is 1.86. The summed E-state index contributed by atoms with van der Waals surface area (Å²) < 4.78 is 6.37. The molecule has 0 aliphatic carbocycles. The second kappa shape index (κ2) is 8.59. The van der Waals surface area contributed by atoms with Crippen LogP contribution in [0.4, 0.5) is 5.82 Å². The molecule has 1 atom stereocenters. The number of aromatic amines is 2. The number of aromatic nitrogens is 5. The fourth-order valence-corrected chi connectivity index (χ4v) is 5.94. The minimum absolute atomic E-state index is 0.126. The van der Waals surface area contributed by atoms with Crippen molar-refractivity contribution in [2.45, 2.75) is 25.9 Å². The van der Waals surface area contributed by atoms with Crippen LogP contribution in [0.5, 0.6) is 5.75 Å². The molecule has 2 aliphatic heterocycles. The van der Waals surface area contributed by atoms with E-state index >= 15 is 0 Å². The zero-order valence-electron chi connectivity index (χ0n) is 21.2. The van der Waals surface area contributed by atoms with Crippen LogP contribution >= 0.6 is 0 Å². The Kier molecular flexibility index (Phi) is 5.18. The molecule has 0 amide bonds. The van der Waals surface area contributed by atoms with Gasteiger partial charge in [-0.25, -0.2) is 9.97 Å². The zero-order valence-corrected chi connectivity index (χ0v) is 21.2. The first-order valence-electron chi connectivity index (χ1n) is 13.0. The minimum atomic E-state index is -0.126. The molecule has 1 unspecified atom stereocenters. The lowest BCUT2D eigenvalue weighted by Crippen LogP contribution is -2.60. The van der Waals surface area contributed by atoms with Crippen LogP contribution in [0.3, 0.4) is 0 Å². The van der Waals surface area contributed by atoms with E-state index in [-0.39, 0.29) is 6.10 Å². The number of benzene rings is 1. The van der Waals surface area contributed by atoms with E-state index in [2.05, 4.69) is 62.1 Å². The van der Waals surface area contributed by atoms with E-state index in [0.717, 1.165) is 63.4 Å². The van der Waals surface area contributed by atoms with Crippen molar-refractivity contribution in [2.24, 2.45) is 5.41 Å². The van der Waals surface area contributed by atoms with Crippen molar-refractivity contribution >= 4 is 27.8 Å². The first-order chi connectivity index (χ1) is 18.1. The molecule has 2 saturated heterocycles. The first-order valence-corrected chi connectivity index (χ1v) is 13.0. The molecule has 5 aromatic rings. The van der Waals surface area contributed by atoms with Gasteiger partial charge in [-0.2, -0.15) is 5.10 Å². The predicted octanol–water partition coefficient (Wildman–Crippen LogP) is 5.17. The van der Waals surface area contributed by atoms with E-state index in [9.17, 15) is 0 Å². The highest BCUT2D eigenvalue weighted by Crippen LogP contribution is 2.42. The van der Waals surface area contributed by atoms with E-state index < -0.39 is 0 Å². The number of pyridine rings is 2. The van der Waals surface area contributed by atoms with Crippen molar-refractivity contribution in [3.63, 3.8) is 0 Å². The van der Waals surface area contributed by atoms with Crippen LogP contribution in [0, 0.1) is 5.41 Å². The number of ether oxygens (including phenoxy) is 1. The number of nitrogens with zero attached hydrogens (tertiary/aromatic N) is 5. The summed E-state index contributed by atoms with van der Waals surface area (Å²) in [5.41, 5.74) is 5.32. The Labute approximate surface area is 215 Å². The van der Waals surface area contributed by atoms with Gasteiger partial charge in [0.05, 0.1) is 5.52 Å². The second-order valence-electron chi connectivity index (χ2n) is 10.7. The lowest BCUT2D eigenvalue weighted by molar-refractivity contribution is 0.0901. The molecule has 0 radical (unpaired) electrons. The van der Waals surface area contributed by atoms with Gasteiger partial charge in [0.1, 0.15) is 29.0 Å². The molecule has 6 heterocycles. The van der Waals surface area contributed by atoms with Gasteiger partial charge in [0.15, 0.2) is 0 Å². The third-order valence-electron chi connectivity index (χ3n) is 8.22. The molecule has 0 saturated carbocycles. The highest BCUT2D eigenvalue weighted by Gasteiger charge is 2.44. The molecule has 7 rings (SSSR count). The Bertz CT molecular complexity index is 1550. The highest BCUT2D eigenvalue weighted by atomic mass is 16.5. The number of rotatable bonds is 5. The molecule has 2 N–H and O–H groups in total.